The molecule has 1 heterocycles. The molecular weight excluding hydrogens is 234 g/mol. The molecule has 90 valence electrons. The molecule has 4 heteroatoms. The van der Waals surface area contributed by atoms with E-state index < -0.39 is 6.10 Å². The number of benzene rings is 1. The van der Waals surface area contributed by atoms with Crippen LogP contribution in [0.5, 0.6) is 0 Å². The van der Waals surface area contributed by atoms with Crippen LogP contribution in [-0.2, 0) is 5.75 Å². The summed E-state index contributed by atoms with van der Waals surface area (Å²) in [6, 6.07) is 11.1. The van der Waals surface area contributed by atoms with Gasteiger partial charge in [0, 0.05) is 11.4 Å². The summed E-state index contributed by atoms with van der Waals surface area (Å²) >= 11 is 1.64. The van der Waals surface area contributed by atoms with Crippen molar-refractivity contribution in [1.82, 2.24) is 0 Å². The Kier molecular flexibility index (Phi) is 4.12. The van der Waals surface area contributed by atoms with E-state index in [1.807, 2.05) is 24.3 Å². The quantitative estimate of drug-likeness (QED) is 0.800. The molecule has 0 fully saturated rings. The minimum Gasteiger partial charge on any atom is -0.468 e. The van der Waals surface area contributed by atoms with E-state index in [9.17, 15) is 5.11 Å². The first-order chi connectivity index (χ1) is 8.25. The summed E-state index contributed by atoms with van der Waals surface area (Å²) < 4.78 is 5.22. The summed E-state index contributed by atoms with van der Waals surface area (Å²) in [7, 11) is 0. The number of hydrogen-bond acceptors (Lipinski definition) is 4. The predicted molar refractivity (Wildman–Crippen MR) is 70.7 cm³/mol. The molecule has 0 saturated carbocycles. The lowest BCUT2D eigenvalue weighted by molar-refractivity contribution is 0.204. The van der Waals surface area contributed by atoms with Gasteiger partial charge < -0.3 is 15.3 Å². The molecule has 0 spiro atoms. The highest BCUT2D eigenvalue weighted by molar-refractivity contribution is 7.98. The highest BCUT2D eigenvalue weighted by atomic mass is 32.2. The average molecular weight is 249 g/mol. The number of hydrogen-bond donors (Lipinski definition) is 2. The molecule has 1 aromatic heterocycles. The van der Waals surface area contributed by atoms with Gasteiger partial charge in [0.2, 0.25) is 0 Å². The van der Waals surface area contributed by atoms with Gasteiger partial charge >= 0.3 is 0 Å². The summed E-state index contributed by atoms with van der Waals surface area (Å²) in [5, 5.41) is 9.95. The van der Waals surface area contributed by atoms with Gasteiger partial charge in [0.25, 0.3) is 0 Å². The van der Waals surface area contributed by atoms with Crippen LogP contribution in [0.2, 0.25) is 0 Å². The van der Waals surface area contributed by atoms with Gasteiger partial charge in [-0.05, 0) is 29.8 Å². The molecule has 0 aliphatic rings. The van der Waals surface area contributed by atoms with E-state index in [2.05, 4.69) is 0 Å². The number of furan rings is 1. The number of thioether (sulfide) groups is 1. The van der Waals surface area contributed by atoms with Gasteiger partial charge in [-0.1, -0.05) is 12.1 Å². The third-order valence-electron chi connectivity index (χ3n) is 2.42. The van der Waals surface area contributed by atoms with Gasteiger partial charge in [-0.3, -0.25) is 0 Å². The number of anilines is 1. The summed E-state index contributed by atoms with van der Waals surface area (Å²) in [6.45, 7) is 0. The molecule has 0 bridgehead atoms. The second kappa shape index (κ2) is 5.80. The maximum atomic E-state index is 9.95. The molecule has 3 nitrogen and oxygen atoms in total. The fourth-order valence-electron chi connectivity index (χ4n) is 1.48. The number of rotatable bonds is 5. The van der Waals surface area contributed by atoms with Crippen LogP contribution in [0.1, 0.15) is 17.4 Å². The van der Waals surface area contributed by atoms with E-state index >= 15 is 0 Å². The minimum atomic E-state index is -0.462. The number of nitrogens with two attached hydrogens (primary N) is 1. The molecule has 0 saturated heterocycles. The monoisotopic (exact) mass is 249 g/mol. The average Bonchev–Trinajstić information content (AvgIpc) is 2.83. The molecule has 2 rings (SSSR count). The van der Waals surface area contributed by atoms with Crippen LogP contribution in [0.15, 0.2) is 47.1 Å². The Balaban J connectivity index is 1.81. The second-order valence-electron chi connectivity index (χ2n) is 3.78. The largest absolute Gasteiger partial charge is 0.468 e. The van der Waals surface area contributed by atoms with Crippen molar-refractivity contribution in [3.63, 3.8) is 0 Å². The molecule has 3 N–H and O–H groups in total. The SMILES string of the molecule is Nc1ccc(C(O)CSCc2ccco2)cc1. The topological polar surface area (TPSA) is 59.4 Å². The molecular formula is C13H15NO2S. The lowest BCUT2D eigenvalue weighted by Gasteiger charge is -2.10. The minimum absolute atomic E-state index is 0.462. The Hall–Kier alpha value is -1.39. The van der Waals surface area contributed by atoms with Gasteiger partial charge in [0.05, 0.1) is 18.1 Å². The standard InChI is InChI=1S/C13H15NO2S/c14-11-5-3-10(4-6-11)13(15)9-17-8-12-2-1-7-16-12/h1-7,13,15H,8-9,14H2. The first-order valence-corrected chi connectivity index (χ1v) is 6.55. The highest BCUT2D eigenvalue weighted by Gasteiger charge is 2.07. The van der Waals surface area contributed by atoms with Crippen molar-refractivity contribution < 1.29 is 9.52 Å². The van der Waals surface area contributed by atoms with Crippen LogP contribution in [-0.4, -0.2) is 10.9 Å². The Bertz CT molecular complexity index is 439. The summed E-state index contributed by atoms with van der Waals surface area (Å²) in [5.41, 5.74) is 7.20. The molecule has 1 unspecified atom stereocenters. The zero-order chi connectivity index (χ0) is 12.1. The first-order valence-electron chi connectivity index (χ1n) is 5.39. The predicted octanol–water partition coefficient (Wildman–Crippen LogP) is 2.83. The highest BCUT2D eigenvalue weighted by Crippen LogP contribution is 2.21. The Labute approximate surface area is 105 Å². The van der Waals surface area contributed by atoms with Crippen molar-refractivity contribution in [1.29, 1.82) is 0 Å². The van der Waals surface area contributed by atoms with Crippen molar-refractivity contribution in [2.45, 2.75) is 11.9 Å². The lowest BCUT2D eigenvalue weighted by Crippen LogP contribution is -2.01. The van der Waals surface area contributed by atoms with Crippen LogP contribution in [0.25, 0.3) is 0 Å². The third-order valence-corrected chi connectivity index (χ3v) is 3.46. The molecule has 1 atom stereocenters. The third kappa shape index (κ3) is 3.54. The smallest absolute Gasteiger partial charge is 0.113 e. The van der Waals surface area contributed by atoms with E-state index in [0.29, 0.717) is 11.4 Å². The van der Waals surface area contributed by atoms with Crippen LogP contribution < -0.4 is 5.73 Å². The molecule has 17 heavy (non-hydrogen) atoms. The van der Waals surface area contributed by atoms with E-state index in [1.54, 1.807) is 30.2 Å². The van der Waals surface area contributed by atoms with Gasteiger partial charge in [0.1, 0.15) is 5.76 Å². The molecule has 0 radical (unpaired) electrons. The Morgan fingerprint density at radius 2 is 2.00 bits per heavy atom. The van der Waals surface area contributed by atoms with Gasteiger partial charge in [-0.25, -0.2) is 0 Å². The lowest BCUT2D eigenvalue weighted by atomic mass is 10.1. The van der Waals surface area contributed by atoms with Crippen LogP contribution in [0, 0.1) is 0 Å². The second-order valence-corrected chi connectivity index (χ2v) is 4.81. The summed E-state index contributed by atoms with van der Waals surface area (Å²) in [6.07, 6.45) is 1.20. The van der Waals surface area contributed by atoms with Crippen molar-refractivity contribution in [3.8, 4) is 0 Å². The van der Waals surface area contributed by atoms with Crippen molar-refractivity contribution in [3.05, 3.63) is 54.0 Å². The van der Waals surface area contributed by atoms with E-state index in [-0.39, 0.29) is 0 Å². The maximum absolute atomic E-state index is 9.95. The summed E-state index contributed by atoms with van der Waals surface area (Å²) in [5.74, 6) is 2.35. The van der Waals surface area contributed by atoms with Crippen LogP contribution in [0.4, 0.5) is 5.69 Å². The Morgan fingerprint density at radius 1 is 1.24 bits per heavy atom. The number of aliphatic hydroxyl groups is 1. The summed E-state index contributed by atoms with van der Waals surface area (Å²) in [4.78, 5) is 0. The zero-order valence-electron chi connectivity index (χ0n) is 9.37. The van der Waals surface area contributed by atoms with E-state index in [4.69, 9.17) is 10.2 Å². The van der Waals surface area contributed by atoms with Gasteiger partial charge in [-0.2, -0.15) is 11.8 Å². The van der Waals surface area contributed by atoms with Crippen molar-refractivity contribution in [2.24, 2.45) is 0 Å². The fourth-order valence-corrected chi connectivity index (χ4v) is 2.38. The van der Waals surface area contributed by atoms with Gasteiger partial charge in [0.15, 0.2) is 0 Å². The zero-order valence-corrected chi connectivity index (χ0v) is 10.2. The van der Waals surface area contributed by atoms with E-state index in [0.717, 1.165) is 17.1 Å². The van der Waals surface area contributed by atoms with Gasteiger partial charge in [-0.15, -0.1) is 0 Å². The van der Waals surface area contributed by atoms with Crippen molar-refractivity contribution in [2.75, 3.05) is 11.5 Å². The molecule has 1 aromatic carbocycles. The fraction of sp³-hybridized carbons (Fsp3) is 0.231. The van der Waals surface area contributed by atoms with E-state index in [1.165, 1.54) is 0 Å². The maximum Gasteiger partial charge on any atom is 0.113 e. The normalized spacial score (nSPS) is 12.5. The number of aliphatic hydroxyl groups excluding tert-OH is 1. The molecule has 0 aliphatic carbocycles. The molecule has 2 aromatic rings. The molecule has 0 aliphatic heterocycles. The van der Waals surface area contributed by atoms with Crippen molar-refractivity contribution >= 4 is 17.4 Å². The van der Waals surface area contributed by atoms with Crippen LogP contribution in [0.3, 0.4) is 0 Å². The van der Waals surface area contributed by atoms with Crippen LogP contribution >= 0.6 is 11.8 Å². The first kappa shape index (κ1) is 12.1. The molecule has 0 amide bonds. The Morgan fingerprint density at radius 3 is 2.65 bits per heavy atom. The number of nitrogen functional groups attached to an aromatic ring is 1.